The maximum Gasteiger partial charge on any atom is 0.254 e. The molecule has 0 radical (unpaired) electrons. The Kier molecular flexibility index (Phi) is 4.51. The Morgan fingerprint density at radius 3 is 3.00 bits per heavy atom. The lowest BCUT2D eigenvalue weighted by Gasteiger charge is -2.02. The second-order valence-corrected chi connectivity index (χ2v) is 4.63. The standard InChI is InChI=1S/C13H8Cl2N4O/c14-10-1-2-11-8(6-10)5-9(13(15)18-11)7-17-19-12(20)3-4-16/h1-2,5-7H,3H2,(H,19,20)/b17-7-. The van der Waals surface area contributed by atoms with Gasteiger partial charge in [-0.1, -0.05) is 23.2 Å². The summed E-state index contributed by atoms with van der Waals surface area (Å²) in [5.74, 6) is -0.489. The van der Waals surface area contributed by atoms with Crippen molar-refractivity contribution in [2.75, 3.05) is 0 Å². The van der Waals surface area contributed by atoms with Gasteiger partial charge in [0.2, 0.25) is 0 Å². The van der Waals surface area contributed by atoms with Gasteiger partial charge in [0.1, 0.15) is 11.6 Å². The largest absolute Gasteiger partial charge is 0.272 e. The van der Waals surface area contributed by atoms with Crippen molar-refractivity contribution < 1.29 is 4.79 Å². The van der Waals surface area contributed by atoms with Crippen LogP contribution in [0.3, 0.4) is 0 Å². The first-order valence-corrected chi connectivity index (χ1v) is 6.30. The maximum absolute atomic E-state index is 11.1. The molecular formula is C13H8Cl2N4O. The summed E-state index contributed by atoms with van der Waals surface area (Å²) in [4.78, 5) is 15.3. The van der Waals surface area contributed by atoms with Crippen LogP contribution < -0.4 is 5.43 Å². The molecule has 20 heavy (non-hydrogen) atoms. The molecule has 1 aromatic heterocycles. The minimum Gasteiger partial charge on any atom is -0.272 e. The van der Waals surface area contributed by atoms with E-state index in [4.69, 9.17) is 28.5 Å². The summed E-state index contributed by atoms with van der Waals surface area (Å²) in [7, 11) is 0. The lowest BCUT2D eigenvalue weighted by atomic mass is 10.2. The number of rotatable bonds is 3. The Hall–Kier alpha value is -2.16. The molecule has 1 heterocycles. The van der Waals surface area contributed by atoms with Gasteiger partial charge in [-0.15, -0.1) is 0 Å². The molecule has 5 nitrogen and oxygen atoms in total. The third-order valence-electron chi connectivity index (χ3n) is 2.39. The summed E-state index contributed by atoms with van der Waals surface area (Å²) in [6.45, 7) is 0. The first-order valence-electron chi connectivity index (χ1n) is 5.55. The van der Waals surface area contributed by atoms with Crippen molar-refractivity contribution in [2.24, 2.45) is 5.10 Å². The van der Waals surface area contributed by atoms with E-state index >= 15 is 0 Å². The SMILES string of the molecule is N#CCC(=O)N/N=C\c1cc2cc(Cl)ccc2nc1Cl. The predicted molar refractivity (Wildman–Crippen MR) is 77.7 cm³/mol. The number of nitrogens with one attached hydrogen (secondary N) is 1. The summed E-state index contributed by atoms with van der Waals surface area (Å²) in [6, 6.07) is 8.72. The molecule has 0 aliphatic rings. The third-order valence-corrected chi connectivity index (χ3v) is 2.93. The molecule has 0 aliphatic heterocycles. The molecule has 2 aromatic rings. The highest BCUT2D eigenvalue weighted by atomic mass is 35.5. The summed E-state index contributed by atoms with van der Waals surface area (Å²) < 4.78 is 0. The average molecular weight is 307 g/mol. The zero-order valence-electron chi connectivity index (χ0n) is 10.1. The Morgan fingerprint density at radius 2 is 2.25 bits per heavy atom. The molecule has 0 spiro atoms. The molecular weight excluding hydrogens is 299 g/mol. The zero-order chi connectivity index (χ0) is 14.5. The first kappa shape index (κ1) is 14.3. The molecule has 0 atom stereocenters. The predicted octanol–water partition coefficient (Wildman–Crippen LogP) is 2.91. The molecule has 1 amide bonds. The number of hydrogen-bond donors (Lipinski definition) is 1. The average Bonchev–Trinajstić information content (AvgIpc) is 2.40. The molecule has 100 valence electrons. The van der Waals surface area contributed by atoms with Crippen LogP contribution in [0.25, 0.3) is 10.9 Å². The maximum atomic E-state index is 11.1. The quantitative estimate of drug-likeness (QED) is 0.538. The van der Waals surface area contributed by atoms with Gasteiger partial charge in [-0.3, -0.25) is 4.79 Å². The number of pyridine rings is 1. The van der Waals surface area contributed by atoms with Crippen LogP contribution in [0.1, 0.15) is 12.0 Å². The van der Waals surface area contributed by atoms with Crippen molar-refractivity contribution in [1.29, 1.82) is 5.26 Å². The van der Waals surface area contributed by atoms with Gasteiger partial charge < -0.3 is 0 Å². The van der Waals surface area contributed by atoms with E-state index in [1.807, 2.05) is 0 Å². The fraction of sp³-hybridized carbons (Fsp3) is 0.0769. The number of hydrogen-bond acceptors (Lipinski definition) is 4. The van der Waals surface area contributed by atoms with Gasteiger partial charge in [-0.25, -0.2) is 10.4 Å². The van der Waals surface area contributed by atoms with Gasteiger partial charge in [0.05, 0.1) is 17.8 Å². The molecule has 7 heteroatoms. The highest BCUT2D eigenvalue weighted by molar-refractivity contribution is 6.33. The molecule has 0 saturated heterocycles. The number of carbonyl (C=O) groups excluding carboxylic acids is 1. The van der Waals surface area contributed by atoms with E-state index < -0.39 is 5.91 Å². The number of hydrazone groups is 1. The van der Waals surface area contributed by atoms with E-state index in [0.717, 1.165) is 5.39 Å². The molecule has 0 fully saturated rings. The number of amides is 1. The number of benzene rings is 1. The van der Waals surface area contributed by atoms with Crippen molar-refractivity contribution in [3.05, 3.63) is 40.0 Å². The van der Waals surface area contributed by atoms with E-state index in [1.54, 1.807) is 30.3 Å². The normalized spacial score (nSPS) is 10.7. The van der Waals surface area contributed by atoms with E-state index in [-0.39, 0.29) is 11.6 Å². The van der Waals surface area contributed by atoms with Crippen molar-refractivity contribution in [2.45, 2.75) is 6.42 Å². The molecule has 1 aromatic carbocycles. The number of carbonyl (C=O) groups is 1. The van der Waals surface area contributed by atoms with Gasteiger partial charge in [0.15, 0.2) is 0 Å². The highest BCUT2D eigenvalue weighted by Gasteiger charge is 2.04. The summed E-state index contributed by atoms with van der Waals surface area (Å²) >= 11 is 11.9. The third kappa shape index (κ3) is 3.44. The van der Waals surface area contributed by atoms with Gasteiger partial charge >= 0.3 is 0 Å². The number of nitrogens with zero attached hydrogens (tertiary/aromatic N) is 3. The monoisotopic (exact) mass is 306 g/mol. The Labute approximate surface area is 124 Å². The highest BCUT2D eigenvalue weighted by Crippen LogP contribution is 2.22. The minimum atomic E-state index is -0.489. The summed E-state index contributed by atoms with van der Waals surface area (Å²) in [6.07, 6.45) is 1.11. The van der Waals surface area contributed by atoms with E-state index in [0.29, 0.717) is 16.1 Å². The Bertz CT molecular complexity index is 737. The lowest BCUT2D eigenvalue weighted by Crippen LogP contribution is -2.16. The number of aromatic nitrogens is 1. The fourth-order valence-electron chi connectivity index (χ4n) is 1.52. The topological polar surface area (TPSA) is 78.1 Å². The Balaban J connectivity index is 2.26. The second-order valence-electron chi connectivity index (χ2n) is 3.83. The van der Waals surface area contributed by atoms with E-state index in [1.165, 1.54) is 6.21 Å². The Morgan fingerprint density at radius 1 is 1.45 bits per heavy atom. The van der Waals surface area contributed by atoms with Crippen LogP contribution >= 0.6 is 23.2 Å². The van der Waals surface area contributed by atoms with Gasteiger partial charge in [0.25, 0.3) is 5.91 Å². The summed E-state index contributed by atoms with van der Waals surface area (Å²) in [5.41, 5.74) is 3.47. The van der Waals surface area contributed by atoms with Crippen LogP contribution in [0, 0.1) is 11.3 Å². The van der Waals surface area contributed by atoms with Crippen molar-refractivity contribution in [1.82, 2.24) is 10.4 Å². The lowest BCUT2D eigenvalue weighted by molar-refractivity contribution is -0.120. The van der Waals surface area contributed by atoms with E-state index in [9.17, 15) is 4.79 Å². The minimum absolute atomic E-state index is 0.253. The molecule has 1 N–H and O–H groups in total. The van der Waals surface area contributed by atoms with E-state index in [2.05, 4.69) is 15.5 Å². The van der Waals surface area contributed by atoms with Crippen molar-refractivity contribution >= 4 is 46.2 Å². The smallest absolute Gasteiger partial charge is 0.254 e. The van der Waals surface area contributed by atoms with Gasteiger partial charge in [0, 0.05) is 16.0 Å². The second kappa shape index (κ2) is 6.33. The van der Waals surface area contributed by atoms with Crippen LogP contribution in [0.4, 0.5) is 0 Å². The number of fused-ring (bicyclic) bond motifs is 1. The first-order chi connectivity index (χ1) is 9.60. The molecule has 0 aliphatic carbocycles. The molecule has 0 unspecified atom stereocenters. The van der Waals surface area contributed by atoms with Crippen LogP contribution in [0.15, 0.2) is 29.4 Å². The molecule has 0 saturated carbocycles. The van der Waals surface area contributed by atoms with Crippen LogP contribution in [-0.2, 0) is 4.79 Å². The van der Waals surface area contributed by atoms with Crippen LogP contribution in [-0.4, -0.2) is 17.1 Å². The fourth-order valence-corrected chi connectivity index (χ4v) is 1.89. The van der Waals surface area contributed by atoms with Crippen LogP contribution in [0.2, 0.25) is 10.2 Å². The zero-order valence-corrected chi connectivity index (χ0v) is 11.6. The molecule has 2 rings (SSSR count). The molecule has 0 bridgehead atoms. The van der Waals surface area contributed by atoms with Crippen molar-refractivity contribution in [3.8, 4) is 6.07 Å². The van der Waals surface area contributed by atoms with Crippen molar-refractivity contribution in [3.63, 3.8) is 0 Å². The van der Waals surface area contributed by atoms with Gasteiger partial charge in [-0.05, 0) is 24.3 Å². The summed E-state index contributed by atoms with van der Waals surface area (Å²) in [5, 5.41) is 13.7. The van der Waals surface area contributed by atoms with Crippen LogP contribution in [0.5, 0.6) is 0 Å². The number of nitriles is 1. The van der Waals surface area contributed by atoms with Gasteiger partial charge in [-0.2, -0.15) is 10.4 Å². The number of halogens is 2.